The molecular weight excluding hydrogens is 264 g/mol. The molecule has 2 heterocycles. The van der Waals surface area contributed by atoms with Gasteiger partial charge in [0.05, 0.1) is 5.75 Å². The number of nitrogens with zero attached hydrogens (tertiary/aromatic N) is 1. The molecule has 2 aliphatic heterocycles. The Balaban J connectivity index is 1.94. The van der Waals surface area contributed by atoms with Crippen molar-refractivity contribution in [3.8, 4) is 0 Å². The molecular formula is C13H24N2O3S. The highest BCUT2D eigenvalue weighted by Crippen LogP contribution is 2.21. The Morgan fingerprint density at radius 2 is 1.95 bits per heavy atom. The second kappa shape index (κ2) is 6.22. The minimum atomic E-state index is -3.22. The van der Waals surface area contributed by atoms with Crippen molar-refractivity contribution in [3.05, 3.63) is 0 Å². The lowest BCUT2D eigenvalue weighted by atomic mass is 10.0. The van der Waals surface area contributed by atoms with Gasteiger partial charge >= 0.3 is 0 Å². The van der Waals surface area contributed by atoms with E-state index in [1.54, 1.807) is 11.9 Å². The molecule has 110 valence electrons. The average molecular weight is 288 g/mol. The third-order valence-corrected chi connectivity index (χ3v) is 6.30. The van der Waals surface area contributed by atoms with Gasteiger partial charge in [-0.3, -0.25) is 4.79 Å². The van der Waals surface area contributed by atoms with Gasteiger partial charge in [0.2, 0.25) is 5.91 Å². The minimum absolute atomic E-state index is 0.166. The van der Waals surface area contributed by atoms with Crippen LogP contribution in [0.4, 0.5) is 0 Å². The molecule has 0 aromatic rings. The zero-order chi connectivity index (χ0) is 13.9. The van der Waals surface area contributed by atoms with Gasteiger partial charge in [0.25, 0.3) is 0 Å². The normalized spacial score (nSPS) is 30.8. The predicted molar refractivity (Wildman–Crippen MR) is 74.7 cm³/mol. The van der Waals surface area contributed by atoms with Gasteiger partial charge in [-0.05, 0) is 32.2 Å². The van der Waals surface area contributed by atoms with Gasteiger partial charge in [0.15, 0.2) is 9.84 Å². The molecule has 2 fully saturated rings. The van der Waals surface area contributed by atoms with E-state index in [4.69, 9.17) is 0 Å². The predicted octanol–water partition coefficient (Wildman–Crippen LogP) is 0.554. The fourth-order valence-electron chi connectivity index (χ4n) is 2.98. The van der Waals surface area contributed by atoms with Crippen molar-refractivity contribution >= 4 is 15.7 Å². The number of piperidine rings is 1. The Morgan fingerprint density at radius 1 is 1.21 bits per heavy atom. The Labute approximate surface area is 115 Å². The summed E-state index contributed by atoms with van der Waals surface area (Å²) in [6.07, 6.45) is 5.45. The van der Waals surface area contributed by atoms with E-state index in [-0.39, 0.29) is 11.7 Å². The molecule has 0 aromatic heterocycles. The molecule has 2 aliphatic rings. The van der Waals surface area contributed by atoms with E-state index in [2.05, 4.69) is 5.32 Å². The van der Waals surface area contributed by atoms with Crippen LogP contribution in [0.25, 0.3) is 0 Å². The van der Waals surface area contributed by atoms with Crippen molar-refractivity contribution < 1.29 is 13.2 Å². The topological polar surface area (TPSA) is 66.5 Å². The van der Waals surface area contributed by atoms with Crippen molar-refractivity contribution in [2.75, 3.05) is 25.9 Å². The second-order valence-corrected chi connectivity index (χ2v) is 8.02. The van der Waals surface area contributed by atoms with E-state index >= 15 is 0 Å². The molecule has 1 amide bonds. The van der Waals surface area contributed by atoms with Crippen LogP contribution in [0.2, 0.25) is 0 Å². The fourth-order valence-corrected chi connectivity index (χ4v) is 4.88. The third kappa shape index (κ3) is 3.69. The van der Waals surface area contributed by atoms with Crippen LogP contribution < -0.4 is 5.32 Å². The minimum Gasteiger partial charge on any atom is -0.343 e. The summed E-state index contributed by atoms with van der Waals surface area (Å²) in [6, 6.07) is 0.314. The van der Waals surface area contributed by atoms with Crippen LogP contribution >= 0.6 is 0 Å². The molecule has 19 heavy (non-hydrogen) atoms. The number of hydrogen-bond acceptors (Lipinski definition) is 4. The first-order chi connectivity index (χ1) is 9.00. The summed E-state index contributed by atoms with van der Waals surface area (Å²) in [5.74, 6) is -0.0501. The number of carbonyl (C=O) groups is 1. The van der Waals surface area contributed by atoms with Crippen molar-refractivity contribution in [2.45, 2.75) is 49.8 Å². The van der Waals surface area contributed by atoms with E-state index in [9.17, 15) is 13.2 Å². The summed E-state index contributed by atoms with van der Waals surface area (Å²) < 4.78 is 23.9. The zero-order valence-electron chi connectivity index (χ0n) is 11.6. The number of rotatable bonds is 3. The fraction of sp³-hybridized carbons (Fsp3) is 0.923. The van der Waals surface area contributed by atoms with Gasteiger partial charge in [-0.25, -0.2) is 8.42 Å². The molecule has 0 bridgehead atoms. The van der Waals surface area contributed by atoms with Gasteiger partial charge in [-0.1, -0.05) is 12.8 Å². The Morgan fingerprint density at radius 3 is 2.58 bits per heavy atom. The largest absolute Gasteiger partial charge is 0.343 e. The van der Waals surface area contributed by atoms with E-state index in [1.165, 1.54) is 12.8 Å². The maximum Gasteiger partial charge on any atom is 0.240 e. The van der Waals surface area contributed by atoms with Crippen LogP contribution in [0.5, 0.6) is 0 Å². The number of amides is 1. The molecule has 0 aromatic carbocycles. The molecule has 6 heteroatoms. The Bertz CT molecular complexity index is 416. The number of hydrogen-bond donors (Lipinski definition) is 1. The van der Waals surface area contributed by atoms with Crippen LogP contribution in [-0.4, -0.2) is 56.4 Å². The van der Waals surface area contributed by atoms with E-state index < -0.39 is 15.1 Å². The maximum absolute atomic E-state index is 12.3. The number of likely N-dealkylation sites (N-methyl/N-ethyl adjacent to an activating group) is 1. The SMILES string of the molecule is CN(CC1CCCCN1)C(=O)C1CCCCS1(=O)=O. The zero-order valence-corrected chi connectivity index (χ0v) is 12.4. The molecule has 0 saturated carbocycles. The molecule has 0 spiro atoms. The summed E-state index contributed by atoms with van der Waals surface area (Å²) >= 11 is 0. The summed E-state index contributed by atoms with van der Waals surface area (Å²) in [7, 11) is -1.50. The monoisotopic (exact) mass is 288 g/mol. The molecule has 0 aliphatic carbocycles. The molecule has 1 N–H and O–H groups in total. The summed E-state index contributed by atoms with van der Waals surface area (Å²) in [6.45, 7) is 1.61. The Kier molecular flexibility index (Phi) is 4.84. The first-order valence-corrected chi connectivity index (χ1v) is 8.92. The number of sulfone groups is 1. The van der Waals surface area contributed by atoms with Crippen LogP contribution in [-0.2, 0) is 14.6 Å². The highest BCUT2D eigenvalue weighted by molar-refractivity contribution is 7.92. The van der Waals surface area contributed by atoms with Gasteiger partial charge in [0, 0.05) is 19.6 Å². The molecule has 0 radical (unpaired) electrons. The van der Waals surface area contributed by atoms with Gasteiger partial charge < -0.3 is 10.2 Å². The van der Waals surface area contributed by atoms with Crippen LogP contribution in [0, 0.1) is 0 Å². The van der Waals surface area contributed by atoms with Crippen molar-refractivity contribution in [1.29, 1.82) is 0 Å². The molecule has 5 nitrogen and oxygen atoms in total. The molecule has 2 atom stereocenters. The first kappa shape index (κ1) is 14.8. The first-order valence-electron chi connectivity index (χ1n) is 7.20. The van der Waals surface area contributed by atoms with E-state index in [0.717, 1.165) is 19.4 Å². The maximum atomic E-state index is 12.3. The summed E-state index contributed by atoms with van der Waals surface area (Å²) in [5.41, 5.74) is 0. The van der Waals surface area contributed by atoms with Crippen molar-refractivity contribution in [2.24, 2.45) is 0 Å². The van der Waals surface area contributed by atoms with Crippen LogP contribution in [0.1, 0.15) is 38.5 Å². The quantitative estimate of drug-likeness (QED) is 0.824. The summed E-state index contributed by atoms with van der Waals surface area (Å²) in [4.78, 5) is 13.9. The highest BCUT2D eigenvalue weighted by Gasteiger charge is 2.36. The van der Waals surface area contributed by atoms with Crippen molar-refractivity contribution in [1.82, 2.24) is 10.2 Å². The van der Waals surface area contributed by atoms with Gasteiger partial charge in [0.1, 0.15) is 5.25 Å². The van der Waals surface area contributed by atoms with E-state index in [1.807, 2.05) is 0 Å². The smallest absolute Gasteiger partial charge is 0.240 e. The van der Waals surface area contributed by atoms with Gasteiger partial charge in [-0.15, -0.1) is 0 Å². The van der Waals surface area contributed by atoms with Crippen LogP contribution in [0.3, 0.4) is 0 Å². The number of carbonyl (C=O) groups excluding carboxylic acids is 1. The highest BCUT2D eigenvalue weighted by atomic mass is 32.2. The standard InChI is InChI=1S/C13H24N2O3S/c1-15(10-11-6-2-4-8-14-11)13(16)12-7-3-5-9-19(12,17)18/h11-12,14H,2-10H2,1H3. The number of nitrogens with one attached hydrogen (secondary N) is 1. The molecule has 2 unspecified atom stereocenters. The molecule has 2 saturated heterocycles. The lowest BCUT2D eigenvalue weighted by Crippen LogP contribution is -2.49. The lowest BCUT2D eigenvalue weighted by molar-refractivity contribution is -0.130. The average Bonchev–Trinajstić information content (AvgIpc) is 2.38. The molecule has 2 rings (SSSR count). The Hall–Kier alpha value is -0.620. The summed E-state index contributed by atoms with van der Waals surface area (Å²) in [5, 5.41) is 2.59. The van der Waals surface area contributed by atoms with E-state index in [0.29, 0.717) is 25.4 Å². The van der Waals surface area contributed by atoms with Gasteiger partial charge in [-0.2, -0.15) is 0 Å². The lowest BCUT2D eigenvalue weighted by Gasteiger charge is -2.31. The second-order valence-electron chi connectivity index (χ2n) is 5.72. The van der Waals surface area contributed by atoms with Crippen LogP contribution in [0.15, 0.2) is 0 Å². The third-order valence-electron chi connectivity index (χ3n) is 4.14. The van der Waals surface area contributed by atoms with Crippen molar-refractivity contribution in [3.63, 3.8) is 0 Å².